The largest absolute Gasteiger partial charge is 0.379 e. The van der Waals surface area contributed by atoms with E-state index in [4.69, 9.17) is 5.11 Å². The van der Waals surface area contributed by atoms with Gasteiger partial charge in [-0.3, -0.25) is 5.32 Å². The quantitative estimate of drug-likeness (QED) is 0.436. The van der Waals surface area contributed by atoms with E-state index >= 15 is 0 Å². The lowest BCUT2D eigenvalue weighted by Crippen LogP contribution is -2.26. The highest BCUT2D eigenvalue weighted by molar-refractivity contribution is 4.49. The molecule has 0 fully saturated rings. The molecule has 0 bridgehead atoms. The molecule has 0 aliphatic rings. The topological polar surface area (TPSA) is 32.3 Å². The Hall–Kier alpha value is -0.0800. The zero-order chi connectivity index (χ0) is 9.23. The highest BCUT2D eigenvalue weighted by atomic mass is 16.3. The van der Waals surface area contributed by atoms with Crippen molar-refractivity contribution < 1.29 is 5.11 Å². The van der Waals surface area contributed by atoms with Crippen molar-refractivity contribution in [3.63, 3.8) is 0 Å². The van der Waals surface area contributed by atoms with Crippen LogP contribution < -0.4 is 5.32 Å². The smallest absolute Gasteiger partial charge is 0.102 e. The molecule has 0 aromatic heterocycles. The summed E-state index contributed by atoms with van der Waals surface area (Å²) < 4.78 is 0. The minimum atomic E-state index is -0.347. The molecule has 0 amide bonds. The van der Waals surface area contributed by atoms with E-state index in [-0.39, 0.29) is 6.23 Å². The van der Waals surface area contributed by atoms with E-state index in [9.17, 15) is 0 Å². The molecule has 2 heteroatoms. The molecule has 0 spiro atoms. The average molecular weight is 173 g/mol. The molecule has 0 aliphatic heterocycles. The van der Waals surface area contributed by atoms with Crippen molar-refractivity contribution in [2.24, 2.45) is 0 Å². The van der Waals surface area contributed by atoms with E-state index in [1.54, 1.807) is 6.92 Å². The number of aliphatic hydroxyl groups is 1. The third-order valence-corrected chi connectivity index (χ3v) is 1.97. The monoisotopic (exact) mass is 173 g/mol. The third kappa shape index (κ3) is 9.92. The Morgan fingerprint density at radius 1 is 1.08 bits per heavy atom. The van der Waals surface area contributed by atoms with E-state index in [1.165, 1.54) is 38.5 Å². The van der Waals surface area contributed by atoms with Crippen molar-refractivity contribution in [1.29, 1.82) is 0 Å². The van der Waals surface area contributed by atoms with Gasteiger partial charge >= 0.3 is 0 Å². The van der Waals surface area contributed by atoms with Gasteiger partial charge in [-0.05, 0) is 19.9 Å². The van der Waals surface area contributed by atoms with Crippen LogP contribution in [0.15, 0.2) is 0 Å². The van der Waals surface area contributed by atoms with Crippen LogP contribution in [0, 0.1) is 0 Å². The Morgan fingerprint density at radius 3 is 2.25 bits per heavy atom. The zero-order valence-electron chi connectivity index (χ0n) is 8.47. The van der Waals surface area contributed by atoms with Gasteiger partial charge in [-0.2, -0.15) is 0 Å². The molecule has 12 heavy (non-hydrogen) atoms. The number of hydrogen-bond acceptors (Lipinski definition) is 2. The second-order valence-corrected chi connectivity index (χ2v) is 3.40. The maximum atomic E-state index is 8.88. The van der Waals surface area contributed by atoms with Crippen LogP contribution in [0.1, 0.15) is 52.4 Å². The van der Waals surface area contributed by atoms with Gasteiger partial charge in [0.05, 0.1) is 0 Å². The molecule has 74 valence electrons. The zero-order valence-corrected chi connectivity index (χ0v) is 8.47. The maximum absolute atomic E-state index is 8.88. The van der Waals surface area contributed by atoms with Gasteiger partial charge in [0.25, 0.3) is 0 Å². The second-order valence-electron chi connectivity index (χ2n) is 3.40. The van der Waals surface area contributed by atoms with Gasteiger partial charge in [-0.15, -0.1) is 0 Å². The molecular formula is C10H23NO. The van der Waals surface area contributed by atoms with Crippen LogP contribution in [-0.4, -0.2) is 17.9 Å². The average Bonchev–Trinajstić information content (AvgIpc) is 2.02. The summed E-state index contributed by atoms with van der Waals surface area (Å²) >= 11 is 0. The summed E-state index contributed by atoms with van der Waals surface area (Å²) in [6, 6.07) is 0. The molecule has 0 aromatic rings. The lowest BCUT2D eigenvalue weighted by atomic mass is 10.1. The molecule has 0 saturated heterocycles. The molecule has 0 rings (SSSR count). The first-order valence-corrected chi connectivity index (χ1v) is 5.18. The highest BCUT2D eigenvalue weighted by Crippen LogP contribution is 2.03. The van der Waals surface area contributed by atoms with E-state index in [1.807, 2.05) is 0 Å². The molecule has 2 N–H and O–H groups in total. The molecule has 2 nitrogen and oxygen atoms in total. The van der Waals surface area contributed by atoms with Gasteiger partial charge in [0, 0.05) is 0 Å². The Labute approximate surface area is 76.4 Å². The van der Waals surface area contributed by atoms with Crippen molar-refractivity contribution in [2.45, 2.75) is 58.6 Å². The minimum absolute atomic E-state index is 0.347. The van der Waals surface area contributed by atoms with Crippen molar-refractivity contribution in [1.82, 2.24) is 5.32 Å². The molecule has 1 unspecified atom stereocenters. The van der Waals surface area contributed by atoms with Crippen molar-refractivity contribution in [2.75, 3.05) is 6.54 Å². The number of hydrogen-bond donors (Lipinski definition) is 2. The Balaban J connectivity index is 2.82. The number of aliphatic hydroxyl groups excluding tert-OH is 1. The molecule has 0 saturated carbocycles. The number of rotatable bonds is 8. The standard InChI is InChI=1S/C10H23NO/c1-3-4-5-6-7-8-9-11-10(2)12/h10-12H,3-9H2,1-2H3. The van der Waals surface area contributed by atoms with Gasteiger partial charge in [0.15, 0.2) is 0 Å². The summed E-state index contributed by atoms with van der Waals surface area (Å²) in [4.78, 5) is 0. The maximum Gasteiger partial charge on any atom is 0.102 e. The van der Waals surface area contributed by atoms with Crippen LogP contribution in [0.2, 0.25) is 0 Å². The van der Waals surface area contributed by atoms with Gasteiger partial charge < -0.3 is 5.11 Å². The summed E-state index contributed by atoms with van der Waals surface area (Å²) in [7, 11) is 0. The molecular weight excluding hydrogens is 150 g/mol. The number of nitrogens with one attached hydrogen (secondary N) is 1. The van der Waals surface area contributed by atoms with E-state index in [0.29, 0.717) is 0 Å². The summed E-state index contributed by atoms with van der Waals surface area (Å²) in [5.41, 5.74) is 0. The van der Waals surface area contributed by atoms with Gasteiger partial charge in [-0.25, -0.2) is 0 Å². The minimum Gasteiger partial charge on any atom is -0.379 e. The lowest BCUT2D eigenvalue weighted by molar-refractivity contribution is 0.156. The molecule has 1 atom stereocenters. The van der Waals surface area contributed by atoms with E-state index in [2.05, 4.69) is 12.2 Å². The molecule has 0 aliphatic carbocycles. The Bertz CT molecular complexity index is 83.9. The lowest BCUT2D eigenvalue weighted by Gasteiger charge is -2.06. The summed E-state index contributed by atoms with van der Waals surface area (Å²) in [5.74, 6) is 0. The van der Waals surface area contributed by atoms with Gasteiger partial charge in [0.2, 0.25) is 0 Å². The van der Waals surface area contributed by atoms with Crippen molar-refractivity contribution >= 4 is 0 Å². The predicted molar refractivity (Wildman–Crippen MR) is 53.1 cm³/mol. The first-order valence-electron chi connectivity index (χ1n) is 5.18. The van der Waals surface area contributed by atoms with Gasteiger partial charge in [-0.1, -0.05) is 39.0 Å². The van der Waals surface area contributed by atoms with Crippen LogP contribution in [0.3, 0.4) is 0 Å². The first kappa shape index (κ1) is 11.9. The fourth-order valence-corrected chi connectivity index (χ4v) is 1.22. The van der Waals surface area contributed by atoms with Crippen molar-refractivity contribution in [3.8, 4) is 0 Å². The van der Waals surface area contributed by atoms with Crippen LogP contribution in [-0.2, 0) is 0 Å². The normalized spacial score (nSPS) is 13.2. The number of unbranched alkanes of at least 4 members (excludes halogenated alkanes) is 5. The van der Waals surface area contributed by atoms with Crippen LogP contribution in [0.5, 0.6) is 0 Å². The van der Waals surface area contributed by atoms with Gasteiger partial charge in [0.1, 0.15) is 6.23 Å². The highest BCUT2D eigenvalue weighted by Gasteiger charge is 1.92. The predicted octanol–water partition coefficient (Wildman–Crippen LogP) is 2.27. The second kappa shape index (κ2) is 9.01. The summed E-state index contributed by atoms with van der Waals surface area (Å²) in [6.07, 6.45) is 7.52. The fraction of sp³-hybridized carbons (Fsp3) is 1.00. The first-order chi connectivity index (χ1) is 5.77. The fourth-order valence-electron chi connectivity index (χ4n) is 1.22. The molecule has 0 heterocycles. The summed E-state index contributed by atoms with van der Waals surface area (Å²) in [5, 5.41) is 11.9. The van der Waals surface area contributed by atoms with E-state index in [0.717, 1.165) is 6.54 Å². The van der Waals surface area contributed by atoms with Crippen LogP contribution in [0.25, 0.3) is 0 Å². The SMILES string of the molecule is CCCCCCCCNC(C)O. The van der Waals surface area contributed by atoms with E-state index < -0.39 is 0 Å². The molecule has 0 aromatic carbocycles. The third-order valence-electron chi connectivity index (χ3n) is 1.97. The van der Waals surface area contributed by atoms with Crippen molar-refractivity contribution in [3.05, 3.63) is 0 Å². The van der Waals surface area contributed by atoms with Crippen LogP contribution >= 0.6 is 0 Å². The Kier molecular flexibility index (Phi) is 8.95. The molecule has 0 radical (unpaired) electrons. The summed E-state index contributed by atoms with van der Waals surface area (Å²) in [6.45, 7) is 4.94. The van der Waals surface area contributed by atoms with Crippen LogP contribution in [0.4, 0.5) is 0 Å². The Morgan fingerprint density at radius 2 is 1.67 bits per heavy atom.